The highest BCUT2D eigenvalue weighted by molar-refractivity contribution is 7.92. The molecule has 6 nitrogen and oxygen atoms in total. The first-order valence-corrected chi connectivity index (χ1v) is 8.74. The van der Waals surface area contributed by atoms with E-state index >= 15 is 0 Å². The average Bonchev–Trinajstić information content (AvgIpc) is 3.11. The number of sulfonamides is 1. The van der Waals surface area contributed by atoms with Gasteiger partial charge in [0.2, 0.25) is 0 Å². The topological polar surface area (TPSA) is 81.4 Å². The van der Waals surface area contributed by atoms with Crippen LogP contribution >= 0.6 is 11.6 Å². The van der Waals surface area contributed by atoms with Crippen LogP contribution in [0.4, 0.5) is 5.69 Å². The van der Waals surface area contributed by atoms with Crippen molar-refractivity contribution in [3.8, 4) is 17.1 Å². The number of para-hydroxylation sites is 1. The highest BCUT2D eigenvalue weighted by Crippen LogP contribution is 2.32. The summed E-state index contributed by atoms with van der Waals surface area (Å²) in [6, 6.07) is 12.9. The van der Waals surface area contributed by atoms with Crippen LogP contribution in [0.5, 0.6) is 5.75 Å². The normalized spacial score (nSPS) is 11.2. The summed E-state index contributed by atoms with van der Waals surface area (Å²) in [6.07, 6.45) is 1.51. The minimum Gasteiger partial charge on any atom is -0.495 e. The van der Waals surface area contributed by atoms with Gasteiger partial charge in [-0.25, -0.2) is 8.42 Å². The molecule has 0 bridgehead atoms. The zero-order chi connectivity index (χ0) is 17.2. The van der Waals surface area contributed by atoms with Crippen LogP contribution in [0.2, 0.25) is 5.02 Å². The van der Waals surface area contributed by atoms with E-state index < -0.39 is 10.0 Å². The second-order valence-corrected chi connectivity index (χ2v) is 6.89. The fourth-order valence-corrected chi connectivity index (χ4v) is 3.62. The third kappa shape index (κ3) is 3.22. The van der Waals surface area contributed by atoms with Crippen molar-refractivity contribution in [3.63, 3.8) is 0 Å². The molecule has 1 N–H and O–H groups in total. The monoisotopic (exact) mass is 364 g/mol. The summed E-state index contributed by atoms with van der Waals surface area (Å²) >= 11 is 6.01. The Kier molecular flexibility index (Phi) is 4.46. The van der Waals surface area contributed by atoms with Crippen molar-refractivity contribution in [2.24, 2.45) is 0 Å². The molecule has 8 heteroatoms. The Balaban J connectivity index is 2.00. The van der Waals surface area contributed by atoms with Crippen LogP contribution in [0.1, 0.15) is 0 Å². The summed E-state index contributed by atoms with van der Waals surface area (Å²) in [6.45, 7) is 0. The Morgan fingerprint density at radius 1 is 1.17 bits per heavy atom. The molecule has 0 unspecified atom stereocenters. The molecule has 0 saturated heterocycles. The van der Waals surface area contributed by atoms with Crippen molar-refractivity contribution >= 4 is 27.3 Å². The number of methoxy groups -OCH3 is 1. The molecule has 0 aliphatic heterocycles. The molecule has 1 heterocycles. The summed E-state index contributed by atoms with van der Waals surface area (Å²) < 4.78 is 38.0. The highest BCUT2D eigenvalue weighted by Gasteiger charge is 2.21. The van der Waals surface area contributed by atoms with Gasteiger partial charge in [0.15, 0.2) is 5.76 Å². The minimum absolute atomic E-state index is 0.00631. The lowest BCUT2D eigenvalue weighted by molar-refractivity contribution is 0.402. The molecule has 1 aromatic heterocycles. The zero-order valence-electron chi connectivity index (χ0n) is 12.6. The molecule has 0 aliphatic rings. The number of nitrogens with zero attached hydrogens (tertiary/aromatic N) is 1. The number of hydrogen-bond donors (Lipinski definition) is 1. The van der Waals surface area contributed by atoms with Gasteiger partial charge in [-0.05, 0) is 30.3 Å². The maximum absolute atomic E-state index is 12.6. The van der Waals surface area contributed by atoms with Gasteiger partial charge in [0.05, 0.1) is 24.0 Å². The van der Waals surface area contributed by atoms with E-state index in [2.05, 4.69) is 9.88 Å². The molecular formula is C16H13ClN2O4S. The highest BCUT2D eigenvalue weighted by atomic mass is 35.5. The predicted octanol–water partition coefficient (Wildman–Crippen LogP) is 3.80. The van der Waals surface area contributed by atoms with Crippen LogP contribution in [0.3, 0.4) is 0 Å². The lowest BCUT2D eigenvalue weighted by atomic mass is 10.1. The number of nitrogens with one attached hydrogen (secondary N) is 1. The number of rotatable bonds is 5. The van der Waals surface area contributed by atoms with Crippen LogP contribution in [-0.2, 0) is 10.0 Å². The number of aromatic nitrogens is 1. The van der Waals surface area contributed by atoms with Gasteiger partial charge in [-0.3, -0.25) is 4.72 Å². The Bertz CT molecular complexity index is 956. The maximum Gasteiger partial charge on any atom is 0.265 e. The number of halogens is 1. The van der Waals surface area contributed by atoms with Gasteiger partial charge in [-0.15, -0.1) is 0 Å². The smallest absolute Gasteiger partial charge is 0.265 e. The number of hydrogen-bond acceptors (Lipinski definition) is 5. The molecule has 2 aromatic carbocycles. The standard InChI is InChI=1S/C16H13ClN2O4S/c1-22-15-10-11(14-8-9-18-23-14)6-7-16(15)24(20,21)19-13-5-3-2-4-12(13)17/h2-10,19H,1H3. The molecule has 0 saturated carbocycles. The predicted molar refractivity (Wildman–Crippen MR) is 90.8 cm³/mol. The van der Waals surface area contributed by atoms with E-state index in [1.165, 1.54) is 19.4 Å². The van der Waals surface area contributed by atoms with E-state index in [1.807, 2.05) is 0 Å². The Morgan fingerprint density at radius 2 is 1.96 bits per heavy atom. The molecule has 0 spiro atoms. The van der Waals surface area contributed by atoms with Crippen molar-refractivity contribution in [3.05, 3.63) is 59.8 Å². The van der Waals surface area contributed by atoms with E-state index in [-0.39, 0.29) is 10.6 Å². The molecule has 3 aromatic rings. The van der Waals surface area contributed by atoms with E-state index in [1.54, 1.807) is 42.5 Å². The van der Waals surface area contributed by atoms with E-state index in [9.17, 15) is 8.42 Å². The number of ether oxygens (including phenoxy) is 1. The summed E-state index contributed by atoms with van der Waals surface area (Å²) in [5, 5.41) is 3.93. The maximum atomic E-state index is 12.6. The lowest BCUT2D eigenvalue weighted by Gasteiger charge is -2.13. The van der Waals surface area contributed by atoms with Crippen molar-refractivity contribution in [2.45, 2.75) is 4.90 Å². The summed E-state index contributed by atoms with van der Waals surface area (Å²) in [4.78, 5) is -0.00631. The Morgan fingerprint density at radius 3 is 2.62 bits per heavy atom. The van der Waals surface area contributed by atoms with Crippen LogP contribution in [0.25, 0.3) is 11.3 Å². The SMILES string of the molecule is COc1cc(-c2ccno2)ccc1S(=O)(=O)Nc1ccccc1Cl. The van der Waals surface area contributed by atoms with Gasteiger partial charge >= 0.3 is 0 Å². The third-order valence-electron chi connectivity index (χ3n) is 3.29. The summed E-state index contributed by atoms with van der Waals surface area (Å²) in [7, 11) is -2.47. The Hall–Kier alpha value is -2.51. The molecule has 0 radical (unpaired) electrons. The van der Waals surface area contributed by atoms with E-state index in [0.717, 1.165) is 0 Å². The molecule has 124 valence electrons. The van der Waals surface area contributed by atoms with Gasteiger partial charge in [0.25, 0.3) is 10.0 Å². The molecule has 0 amide bonds. The van der Waals surface area contributed by atoms with E-state index in [0.29, 0.717) is 22.0 Å². The van der Waals surface area contributed by atoms with Crippen molar-refractivity contribution in [1.29, 1.82) is 0 Å². The van der Waals surface area contributed by atoms with Crippen LogP contribution in [0.15, 0.2) is 64.1 Å². The van der Waals surface area contributed by atoms with Gasteiger partial charge in [-0.1, -0.05) is 28.9 Å². The van der Waals surface area contributed by atoms with Crippen molar-refractivity contribution in [1.82, 2.24) is 5.16 Å². The molecule has 3 rings (SSSR count). The molecule has 24 heavy (non-hydrogen) atoms. The van der Waals surface area contributed by atoms with Crippen LogP contribution < -0.4 is 9.46 Å². The fraction of sp³-hybridized carbons (Fsp3) is 0.0625. The average molecular weight is 365 g/mol. The fourth-order valence-electron chi connectivity index (χ4n) is 2.15. The zero-order valence-corrected chi connectivity index (χ0v) is 14.1. The molecule has 0 atom stereocenters. The van der Waals surface area contributed by atoms with Crippen LogP contribution in [-0.4, -0.2) is 20.7 Å². The molecular weight excluding hydrogens is 352 g/mol. The second-order valence-electron chi connectivity index (χ2n) is 4.83. The van der Waals surface area contributed by atoms with Gasteiger partial charge < -0.3 is 9.26 Å². The third-order valence-corrected chi connectivity index (χ3v) is 5.03. The Labute approximate surface area is 144 Å². The van der Waals surface area contributed by atoms with E-state index in [4.69, 9.17) is 20.9 Å². The summed E-state index contributed by atoms with van der Waals surface area (Å²) in [5.74, 6) is 0.694. The first-order valence-electron chi connectivity index (χ1n) is 6.88. The number of anilines is 1. The second kappa shape index (κ2) is 6.54. The van der Waals surface area contributed by atoms with Gasteiger partial charge in [0, 0.05) is 11.6 Å². The minimum atomic E-state index is -3.87. The number of benzene rings is 2. The summed E-state index contributed by atoms with van der Waals surface area (Å²) in [5.41, 5.74) is 0.946. The van der Waals surface area contributed by atoms with Crippen molar-refractivity contribution in [2.75, 3.05) is 11.8 Å². The van der Waals surface area contributed by atoms with Gasteiger partial charge in [-0.2, -0.15) is 0 Å². The van der Waals surface area contributed by atoms with Crippen molar-refractivity contribution < 1.29 is 17.7 Å². The van der Waals surface area contributed by atoms with Gasteiger partial charge in [0.1, 0.15) is 10.6 Å². The lowest BCUT2D eigenvalue weighted by Crippen LogP contribution is -2.14. The first-order chi connectivity index (χ1) is 11.5. The quantitative estimate of drug-likeness (QED) is 0.744. The first kappa shape index (κ1) is 16.4. The molecule has 0 fully saturated rings. The molecule has 0 aliphatic carbocycles. The van der Waals surface area contributed by atoms with Crippen LogP contribution in [0, 0.1) is 0 Å². The largest absolute Gasteiger partial charge is 0.495 e.